The van der Waals surface area contributed by atoms with Gasteiger partial charge in [-0.1, -0.05) is 30.7 Å². The van der Waals surface area contributed by atoms with Gasteiger partial charge in [-0.3, -0.25) is 9.36 Å². The van der Waals surface area contributed by atoms with Crippen molar-refractivity contribution in [3.8, 4) is 5.69 Å². The zero-order valence-corrected chi connectivity index (χ0v) is 17.9. The number of hydrogen-bond acceptors (Lipinski definition) is 3. The summed E-state index contributed by atoms with van der Waals surface area (Å²) in [5.41, 5.74) is 0.626. The van der Waals surface area contributed by atoms with Crippen molar-refractivity contribution < 1.29 is 9.18 Å². The molecular formula is C22H24ClFN4O2. The van der Waals surface area contributed by atoms with Gasteiger partial charge in [0.15, 0.2) is 0 Å². The van der Waals surface area contributed by atoms with Crippen LogP contribution in [0, 0.1) is 5.82 Å². The number of nitrogens with one attached hydrogen (secondary N) is 1. The van der Waals surface area contributed by atoms with Gasteiger partial charge < -0.3 is 10.2 Å². The van der Waals surface area contributed by atoms with Gasteiger partial charge in [0.25, 0.3) is 5.56 Å². The summed E-state index contributed by atoms with van der Waals surface area (Å²) in [6.07, 6.45) is 0.532. The average molecular weight is 431 g/mol. The van der Waals surface area contributed by atoms with Gasteiger partial charge in [-0.25, -0.2) is 14.2 Å². The van der Waals surface area contributed by atoms with Crippen LogP contribution < -0.4 is 10.9 Å². The molecular weight excluding hydrogens is 407 g/mol. The Morgan fingerprint density at radius 1 is 1.23 bits per heavy atom. The second kappa shape index (κ2) is 9.26. The van der Waals surface area contributed by atoms with Crippen molar-refractivity contribution in [3.63, 3.8) is 0 Å². The van der Waals surface area contributed by atoms with Gasteiger partial charge in [0.1, 0.15) is 11.6 Å². The van der Waals surface area contributed by atoms with Crippen LogP contribution in [0.4, 0.5) is 9.18 Å². The van der Waals surface area contributed by atoms with Gasteiger partial charge in [0, 0.05) is 13.1 Å². The Balaban J connectivity index is 2.32. The number of para-hydroxylation sites is 1. The van der Waals surface area contributed by atoms with E-state index in [0.717, 1.165) is 0 Å². The summed E-state index contributed by atoms with van der Waals surface area (Å²) >= 11 is 6.00. The summed E-state index contributed by atoms with van der Waals surface area (Å²) in [5, 5.41) is 3.14. The van der Waals surface area contributed by atoms with Crippen LogP contribution in [-0.4, -0.2) is 33.6 Å². The Bertz CT molecular complexity index is 1130. The molecule has 0 aliphatic rings. The first-order valence-corrected chi connectivity index (χ1v) is 10.3. The van der Waals surface area contributed by atoms with Crippen LogP contribution in [0.2, 0.25) is 5.02 Å². The number of carbonyl (C=O) groups is 1. The minimum absolute atomic E-state index is 0.0948. The van der Waals surface area contributed by atoms with E-state index in [-0.39, 0.29) is 16.6 Å². The van der Waals surface area contributed by atoms with E-state index < -0.39 is 11.9 Å². The number of halogens is 2. The Morgan fingerprint density at radius 2 is 1.97 bits per heavy atom. The van der Waals surface area contributed by atoms with E-state index in [1.165, 1.54) is 22.8 Å². The smallest absolute Gasteiger partial charge is 0.318 e. The Hall–Kier alpha value is -2.93. The molecule has 1 heterocycles. The number of aromatic nitrogens is 2. The molecule has 6 nitrogen and oxygen atoms in total. The number of hydrogen-bond donors (Lipinski definition) is 1. The standard InChI is InChI=1S/C22H24ClFN4O2/c1-4-19(27(6-3)22(30)25-5-2)20-26-18-10-8-7-9-15(18)21(29)28(20)14-11-12-17(24)16(23)13-14/h7-13,19H,4-6H2,1-3H3,(H,25,30). The molecule has 30 heavy (non-hydrogen) atoms. The van der Waals surface area contributed by atoms with E-state index in [4.69, 9.17) is 16.6 Å². The summed E-state index contributed by atoms with van der Waals surface area (Å²) < 4.78 is 15.2. The molecule has 3 aromatic rings. The quantitative estimate of drug-likeness (QED) is 0.617. The van der Waals surface area contributed by atoms with E-state index >= 15 is 0 Å². The van der Waals surface area contributed by atoms with Crippen molar-refractivity contribution in [3.05, 3.63) is 69.5 Å². The van der Waals surface area contributed by atoms with Crippen LogP contribution in [0.5, 0.6) is 0 Å². The molecule has 8 heteroatoms. The topological polar surface area (TPSA) is 67.2 Å². The summed E-state index contributed by atoms with van der Waals surface area (Å²) in [6.45, 7) is 6.55. The Labute approximate surface area is 179 Å². The van der Waals surface area contributed by atoms with Gasteiger partial charge in [-0.2, -0.15) is 0 Å². The van der Waals surface area contributed by atoms with Gasteiger partial charge in [0.2, 0.25) is 0 Å². The van der Waals surface area contributed by atoms with Crippen LogP contribution in [0.25, 0.3) is 16.6 Å². The third kappa shape index (κ3) is 4.03. The molecule has 2 amide bonds. The molecule has 1 atom stereocenters. The van der Waals surface area contributed by atoms with E-state index in [2.05, 4.69) is 5.32 Å². The molecule has 0 fully saturated rings. The monoisotopic (exact) mass is 430 g/mol. The SMILES string of the molecule is CCNC(=O)N(CC)C(CC)c1nc2ccccc2c(=O)n1-c1ccc(F)c(Cl)c1. The van der Waals surface area contributed by atoms with Crippen LogP contribution in [0.3, 0.4) is 0 Å². The van der Waals surface area contributed by atoms with Crippen molar-refractivity contribution >= 4 is 28.5 Å². The summed E-state index contributed by atoms with van der Waals surface area (Å²) in [7, 11) is 0. The lowest BCUT2D eigenvalue weighted by Crippen LogP contribution is -2.43. The van der Waals surface area contributed by atoms with Gasteiger partial charge in [-0.05, 0) is 50.6 Å². The van der Waals surface area contributed by atoms with Crippen LogP contribution >= 0.6 is 11.6 Å². The van der Waals surface area contributed by atoms with E-state index in [1.807, 2.05) is 20.8 Å². The number of benzene rings is 2. The highest BCUT2D eigenvalue weighted by Gasteiger charge is 2.28. The lowest BCUT2D eigenvalue weighted by atomic mass is 10.1. The molecule has 0 saturated carbocycles. The summed E-state index contributed by atoms with van der Waals surface area (Å²) in [4.78, 5) is 32.5. The highest BCUT2D eigenvalue weighted by atomic mass is 35.5. The van der Waals surface area contributed by atoms with Crippen molar-refractivity contribution in [2.75, 3.05) is 13.1 Å². The van der Waals surface area contributed by atoms with Gasteiger partial charge >= 0.3 is 6.03 Å². The molecule has 0 aliphatic heterocycles. The number of nitrogens with zero attached hydrogens (tertiary/aromatic N) is 3. The number of carbonyl (C=O) groups excluding carboxylic acids is 1. The lowest BCUT2D eigenvalue weighted by molar-refractivity contribution is 0.173. The molecule has 0 radical (unpaired) electrons. The molecule has 0 spiro atoms. The molecule has 1 N–H and O–H groups in total. The van der Waals surface area contributed by atoms with E-state index in [1.54, 1.807) is 29.2 Å². The van der Waals surface area contributed by atoms with E-state index in [0.29, 0.717) is 41.9 Å². The highest BCUT2D eigenvalue weighted by Crippen LogP contribution is 2.27. The second-order valence-electron chi connectivity index (χ2n) is 6.77. The first-order valence-electron chi connectivity index (χ1n) is 9.94. The predicted octanol–water partition coefficient (Wildman–Crippen LogP) is 4.68. The first-order chi connectivity index (χ1) is 14.4. The largest absolute Gasteiger partial charge is 0.338 e. The molecule has 3 rings (SSSR count). The lowest BCUT2D eigenvalue weighted by Gasteiger charge is -2.31. The minimum atomic E-state index is -0.576. The second-order valence-corrected chi connectivity index (χ2v) is 7.18. The molecule has 2 aromatic carbocycles. The van der Waals surface area contributed by atoms with Crippen molar-refractivity contribution in [1.29, 1.82) is 0 Å². The third-order valence-electron chi connectivity index (χ3n) is 4.95. The first kappa shape index (κ1) is 21.8. The molecule has 1 aromatic heterocycles. The molecule has 0 saturated heterocycles. The van der Waals surface area contributed by atoms with Crippen LogP contribution in [0.1, 0.15) is 39.1 Å². The van der Waals surface area contributed by atoms with Gasteiger partial charge in [0.05, 0.1) is 27.7 Å². The average Bonchev–Trinajstić information content (AvgIpc) is 2.74. The fraction of sp³-hybridized carbons (Fsp3) is 0.318. The number of amides is 2. The number of urea groups is 1. The van der Waals surface area contributed by atoms with Crippen LogP contribution in [-0.2, 0) is 0 Å². The van der Waals surface area contributed by atoms with Gasteiger partial charge in [-0.15, -0.1) is 0 Å². The number of fused-ring (bicyclic) bond motifs is 1. The zero-order chi connectivity index (χ0) is 21.8. The Kier molecular flexibility index (Phi) is 6.72. The fourth-order valence-corrected chi connectivity index (χ4v) is 3.72. The van der Waals surface area contributed by atoms with Crippen LogP contribution in [0.15, 0.2) is 47.3 Å². The van der Waals surface area contributed by atoms with E-state index in [9.17, 15) is 14.0 Å². The fourth-order valence-electron chi connectivity index (χ4n) is 3.55. The van der Waals surface area contributed by atoms with Crippen molar-refractivity contribution in [2.24, 2.45) is 0 Å². The predicted molar refractivity (Wildman–Crippen MR) is 117 cm³/mol. The van der Waals surface area contributed by atoms with Crippen molar-refractivity contribution in [1.82, 2.24) is 19.8 Å². The zero-order valence-electron chi connectivity index (χ0n) is 17.2. The molecule has 1 unspecified atom stereocenters. The minimum Gasteiger partial charge on any atom is -0.338 e. The molecule has 158 valence electrons. The summed E-state index contributed by atoms with van der Waals surface area (Å²) in [5.74, 6) is -0.176. The summed E-state index contributed by atoms with van der Waals surface area (Å²) in [6, 6.07) is 10.4. The highest BCUT2D eigenvalue weighted by molar-refractivity contribution is 6.30. The maximum absolute atomic E-state index is 13.8. The van der Waals surface area contributed by atoms with Crippen molar-refractivity contribution in [2.45, 2.75) is 33.2 Å². The maximum Gasteiger partial charge on any atom is 0.318 e. The normalized spacial score (nSPS) is 12.0. The molecule has 0 bridgehead atoms. The maximum atomic E-state index is 13.8. The molecule has 0 aliphatic carbocycles. The number of rotatable bonds is 6. The third-order valence-corrected chi connectivity index (χ3v) is 5.24. The Morgan fingerprint density at radius 3 is 2.60 bits per heavy atom.